The summed E-state index contributed by atoms with van der Waals surface area (Å²) in [5.41, 5.74) is 3.26. The maximum absolute atomic E-state index is 11.7. The second-order valence-electron chi connectivity index (χ2n) is 5.51. The predicted octanol–water partition coefficient (Wildman–Crippen LogP) is 3.46. The first kappa shape index (κ1) is 18.7. The van der Waals surface area contributed by atoms with Gasteiger partial charge in [0.2, 0.25) is 0 Å². The van der Waals surface area contributed by atoms with Gasteiger partial charge in [0.1, 0.15) is 12.4 Å². The molecule has 132 valence electrons. The standard InChI is InChI=1S/C19H22N2O3S/c1-13-7-9-15(10-8-13)24-12-11-20-19(25)21-17-6-4-5-16(14(17)2)18(22)23-3/h4-10H,11-12H2,1-3H3,(H2,20,21,25). The highest BCUT2D eigenvalue weighted by atomic mass is 32.1. The molecule has 25 heavy (non-hydrogen) atoms. The van der Waals surface area contributed by atoms with Gasteiger partial charge in [0, 0.05) is 5.69 Å². The number of methoxy groups -OCH3 is 1. The van der Waals surface area contributed by atoms with Crippen molar-refractivity contribution in [2.24, 2.45) is 0 Å². The number of benzene rings is 2. The zero-order chi connectivity index (χ0) is 18.2. The number of hydrogen-bond acceptors (Lipinski definition) is 4. The van der Waals surface area contributed by atoms with Crippen LogP contribution in [0.1, 0.15) is 21.5 Å². The Morgan fingerprint density at radius 3 is 2.52 bits per heavy atom. The number of anilines is 1. The van der Waals surface area contributed by atoms with Crippen LogP contribution < -0.4 is 15.4 Å². The number of thiocarbonyl (C=S) groups is 1. The Labute approximate surface area is 153 Å². The monoisotopic (exact) mass is 358 g/mol. The summed E-state index contributed by atoms with van der Waals surface area (Å²) in [5, 5.41) is 6.64. The van der Waals surface area contributed by atoms with Crippen molar-refractivity contribution in [3.8, 4) is 5.75 Å². The highest BCUT2D eigenvalue weighted by Gasteiger charge is 2.12. The van der Waals surface area contributed by atoms with Gasteiger partial charge in [0.25, 0.3) is 0 Å². The molecular weight excluding hydrogens is 336 g/mol. The largest absolute Gasteiger partial charge is 0.492 e. The van der Waals surface area contributed by atoms with Gasteiger partial charge in [0.05, 0.1) is 19.2 Å². The van der Waals surface area contributed by atoms with Crippen LogP contribution in [-0.2, 0) is 4.74 Å². The quantitative estimate of drug-likeness (QED) is 0.469. The molecule has 0 bridgehead atoms. The molecule has 0 aliphatic carbocycles. The lowest BCUT2D eigenvalue weighted by molar-refractivity contribution is 0.0600. The van der Waals surface area contributed by atoms with Crippen LogP contribution in [0, 0.1) is 13.8 Å². The van der Waals surface area contributed by atoms with Gasteiger partial charge >= 0.3 is 5.97 Å². The van der Waals surface area contributed by atoms with Gasteiger partial charge < -0.3 is 20.1 Å². The number of hydrogen-bond donors (Lipinski definition) is 2. The van der Waals surface area contributed by atoms with Crippen molar-refractivity contribution in [2.45, 2.75) is 13.8 Å². The van der Waals surface area contributed by atoms with Crippen molar-refractivity contribution < 1.29 is 14.3 Å². The van der Waals surface area contributed by atoms with E-state index in [0.29, 0.717) is 23.8 Å². The highest BCUT2D eigenvalue weighted by molar-refractivity contribution is 7.80. The molecule has 0 spiro atoms. The molecule has 5 nitrogen and oxygen atoms in total. The molecule has 0 atom stereocenters. The Morgan fingerprint density at radius 1 is 1.12 bits per heavy atom. The number of aryl methyl sites for hydroxylation is 1. The molecule has 0 heterocycles. The second-order valence-corrected chi connectivity index (χ2v) is 5.92. The first-order chi connectivity index (χ1) is 12.0. The van der Waals surface area contributed by atoms with Gasteiger partial charge in [-0.25, -0.2) is 4.79 Å². The van der Waals surface area contributed by atoms with Crippen molar-refractivity contribution in [1.29, 1.82) is 0 Å². The number of carbonyl (C=O) groups is 1. The normalized spacial score (nSPS) is 10.0. The maximum Gasteiger partial charge on any atom is 0.338 e. The van der Waals surface area contributed by atoms with Crippen molar-refractivity contribution >= 4 is 29.0 Å². The van der Waals surface area contributed by atoms with Crippen molar-refractivity contribution in [3.05, 3.63) is 59.2 Å². The zero-order valence-corrected chi connectivity index (χ0v) is 15.4. The first-order valence-corrected chi connectivity index (χ1v) is 8.34. The molecule has 0 aliphatic heterocycles. The Bertz CT molecular complexity index is 745. The minimum Gasteiger partial charge on any atom is -0.492 e. The van der Waals surface area contributed by atoms with E-state index in [1.165, 1.54) is 12.7 Å². The summed E-state index contributed by atoms with van der Waals surface area (Å²) in [6.07, 6.45) is 0. The third-order valence-corrected chi connectivity index (χ3v) is 3.91. The van der Waals surface area contributed by atoms with Crippen LogP contribution in [0.3, 0.4) is 0 Å². The van der Waals surface area contributed by atoms with Crippen LogP contribution in [0.4, 0.5) is 5.69 Å². The number of carbonyl (C=O) groups excluding carboxylic acids is 1. The van der Waals surface area contributed by atoms with E-state index in [2.05, 4.69) is 10.6 Å². The summed E-state index contributed by atoms with van der Waals surface area (Å²) in [6.45, 7) is 4.94. The van der Waals surface area contributed by atoms with E-state index in [-0.39, 0.29) is 5.97 Å². The van der Waals surface area contributed by atoms with Gasteiger partial charge in [-0.2, -0.15) is 0 Å². The number of esters is 1. The Morgan fingerprint density at radius 2 is 1.84 bits per heavy atom. The summed E-state index contributed by atoms with van der Waals surface area (Å²) in [7, 11) is 1.36. The minimum absolute atomic E-state index is 0.369. The first-order valence-electron chi connectivity index (χ1n) is 7.93. The van der Waals surface area contributed by atoms with Crippen LogP contribution in [0.2, 0.25) is 0 Å². The Kier molecular flexibility index (Phi) is 6.77. The van der Waals surface area contributed by atoms with Crippen molar-refractivity contribution in [3.63, 3.8) is 0 Å². The van der Waals surface area contributed by atoms with Gasteiger partial charge in [-0.15, -0.1) is 0 Å². The number of ether oxygens (including phenoxy) is 2. The van der Waals surface area contributed by atoms with E-state index in [4.69, 9.17) is 21.7 Å². The summed E-state index contributed by atoms with van der Waals surface area (Å²) >= 11 is 5.29. The molecule has 0 aromatic heterocycles. The molecule has 2 aromatic carbocycles. The van der Waals surface area contributed by atoms with E-state index in [9.17, 15) is 4.79 Å². The molecule has 2 aromatic rings. The van der Waals surface area contributed by atoms with E-state index in [0.717, 1.165) is 17.0 Å². The third-order valence-electron chi connectivity index (χ3n) is 3.66. The van der Waals surface area contributed by atoms with E-state index in [1.807, 2.05) is 44.2 Å². The predicted molar refractivity (Wildman–Crippen MR) is 103 cm³/mol. The van der Waals surface area contributed by atoms with Crippen LogP contribution >= 0.6 is 12.2 Å². The SMILES string of the molecule is COC(=O)c1cccc(NC(=S)NCCOc2ccc(C)cc2)c1C. The summed E-state index contributed by atoms with van der Waals surface area (Å²) in [6, 6.07) is 13.3. The summed E-state index contributed by atoms with van der Waals surface area (Å²) < 4.78 is 10.4. The fourth-order valence-electron chi connectivity index (χ4n) is 2.24. The molecule has 2 N–H and O–H groups in total. The smallest absolute Gasteiger partial charge is 0.338 e. The molecule has 0 fully saturated rings. The van der Waals surface area contributed by atoms with Crippen molar-refractivity contribution in [2.75, 3.05) is 25.6 Å². The van der Waals surface area contributed by atoms with Crippen LogP contribution in [0.15, 0.2) is 42.5 Å². The van der Waals surface area contributed by atoms with E-state index >= 15 is 0 Å². The van der Waals surface area contributed by atoms with Gasteiger partial charge in [0.15, 0.2) is 5.11 Å². The van der Waals surface area contributed by atoms with Gasteiger partial charge in [-0.1, -0.05) is 23.8 Å². The van der Waals surface area contributed by atoms with Gasteiger partial charge in [-0.05, 0) is 55.9 Å². The average molecular weight is 358 g/mol. The Hall–Kier alpha value is -2.60. The fraction of sp³-hybridized carbons (Fsp3) is 0.263. The highest BCUT2D eigenvalue weighted by Crippen LogP contribution is 2.19. The summed E-state index contributed by atoms with van der Waals surface area (Å²) in [5.74, 6) is 0.458. The average Bonchev–Trinajstić information content (AvgIpc) is 2.61. The molecule has 2 rings (SSSR count). The Balaban J connectivity index is 1.82. The molecule has 0 amide bonds. The number of rotatable bonds is 6. The molecule has 0 unspecified atom stereocenters. The fourth-order valence-corrected chi connectivity index (χ4v) is 2.45. The van der Waals surface area contributed by atoms with Gasteiger partial charge in [-0.3, -0.25) is 0 Å². The molecule has 0 saturated carbocycles. The zero-order valence-electron chi connectivity index (χ0n) is 14.6. The lowest BCUT2D eigenvalue weighted by atomic mass is 10.1. The van der Waals surface area contributed by atoms with Crippen LogP contribution in [0.25, 0.3) is 0 Å². The molecule has 0 radical (unpaired) electrons. The molecule has 0 saturated heterocycles. The number of nitrogens with one attached hydrogen (secondary N) is 2. The topological polar surface area (TPSA) is 59.6 Å². The lowest BCUT2D eigenvalue weighted by Crippen LogP contribution is -2.32. The van der Waals surface area contributed by atoms with Crippen LogP contribution in [0.5, 0.6) is 5.75 Å². The molecule has 6 heteroatoms. The minimum atomic E-state index is -0.369. The van der Waals surface area contributed by atoms with Crippen molar-refractivity contribution in [1.82, 2.24) is 5.32 Å². The lowest BCUT2D eigenvalue weighted by Gasteiger charge is -2.14. The maximum atomic E-state index is 11.7. The second kappa shape index (κ2) is 9.03. The third kappa shape index (κ3) is 5.46. The van der Waals surface area contributed by atoms with E-state index in [1.54, 1.807) is 12.1 Å². The molecular formula is C19H22N2O3S. The molecule has 0 aliphatic rings. The van der Waals surface area contributed by atoms with E-state index < -0.39 is 0 Å². The summed E-state index contributed by atoms with van der Waals surface area (Å²) in [4.78, 5) is 11.7. The van der Waals surface area contributed by atoms with Crippen LogP contribution in [-0.4, -0.2) is 31.3 Å².